The van der Waals surface area contributed by atoms with Crippen LogP contribution in [0.1, 0.15) is 47.7 Å². The van der Waals surface area contributed by atoms with Crippen molar-refractivity contribution < 1.29 is 19.8 Å². The number of hydrogen-bond donors (Lipinski definition) is 4. The van der Waals surface area contributed by atoms with Crippen LogP contribution in [0.25, 0.3) is 0 Å². The van der Waals surface area contributed by atoms with Gasteiger partial charge in [0.1, 0.15) is 6.54 Å². The monoisotopic (exact) mass is 387 g/mol. The topological polar surface area (TPSA) is 141 Å². The van der Waals surface area contributed by atoms with Crippen molar-refractivity contribution in [3.63, 3.8) is 0 Å². The van der Waals surface area contributed by atoms with Gasteiger partial charge < -0.3 is 15.5 Å². The van der Waals surface area contributed by atoms with Crippen LogP contribution in [-0.4, -0.2) is 37.7 Å². The molecule has 1 aromatic carbocycles. The summed E-state index contributed by atoms with van der Waals surface area (Å²) in [6.07, 6.45) is 3.23. The lowest BCUT2D eigenvalue weighted by molar-refractivity contribution is -0.137. The fraction of sp³-hybridized carbons (Fsp3) is 0.368. The second-order valence-electron chi connectivity index (χ2n) is 6.87. The van der Waals surface area contributed by atoms with Crippen LogP contribution in [0.5, 0.6) is 5.75 Å². The molecule has 3 rings (SSSR count). The molecule has 148 valence electrons. The number of nitrogens with one attached hydrogen (secondary N) is 2. The zero-order valence-corrected chi connectivity index (χ0v) is 15.1. The lowest BCUT2D eigenvalue weighted by Gasteiger charge is -2.29. The molecule has 2 aromatic rings. The van der Waals surface area contributed by atoms with Crippen LogP contribution in [0, 0.1) is 0 Å². The van der Waals surface area contributed by atoms with Gasteiger partial charge in [-0.3, -0.25) is 19.4 Å². The number of amides is 1. The Balaban J connectivity index is 1.68. The molecule has 1 amide bonds. The zero-order valence-electron chi connectivity index (χ0n) is 15.1. The second-order valence-corrected chi connectivity index (χ2v) is 6.87. The molecular weight excluding hydrogens is 366 g/mol. The molecule has 0 saturated heterocycles. The third-order valence-electron chi connectivity index (χ3n) is 5.02. The molecule has 1 saturated carbocycles. The molecule has 0 radical (unpaired) electrons. The summed E-state index contributed by atoms with van der Waals surface area (Å²) in [5.74, 6) is -2.74. The molecule has 1 aromatic heterocycles. The molecule has 0 atom stereocenters. The summed E-state index contributed by atoms with van der Waals surface area (Å²) >= 11 is 0. The number of aliphatic carboxylic acids is 1. The average molecular weight is 387 g/mol. The highest BCUT2D eigenvalue weighted by molar-refractivity contribution is 5.94. The van der Waals surface area contributed by atoms with Gasteiger partial charge in [-0.05, 0) is 37.2 Å². The summed E-state index contributed by atoms with van der Waals surface area (Å²) in [6.45, 7) is -0.910. The maximum atomic E-state index is 12.4. The Morgan fingerprint density at radius 2 is 1.75 bits per heavy atom. The van der Waals surface area contributed by atoms with E-state index < -0.39 is 41.1 Å². The van der Waals surface area contributed by atoms with Crippen molar-refractivity contribution >= 4 is 11.9 Å². The molecule has 9 heteroatoms. The predicted molar refractivity (Wildman–Crippen MR) is 99.5 cm³/mol. The van der Waals surface area contributed by atoms with Crippen LogP contribution in [0.3, 0.4) is 0 Å². The first-order valence-electron chi connectivity index (χ1n) is 9.00. The van der Waals surface area contributed by atoms with Crippen LogP contribution in [0.15, 0.2) is 39.9 Å². The van der Waals surface area contributed by atoms with Crippen LogP contribution in [0.4, 0.5) is 0 Å². The third-order valence-corrected chi connectivity index (χ3v) is 5.02. The normalized spacial score (nSPS) is 19.1. The zero-order chi connectivity index (χ0) is 20.3. The van der Waals surface area contributed by atoms with Crippen LogP contribution < -0.4 is 16.6 Å². The van der Waals surface area contributed by atoms with Crippen molar-refractivity contribution in [1.82, 2.24) is 14.9 Å². The SMILES string of the molecule is O=C(O)Cn1c(=O)[nH]c(C(=O)N[C@H]2CC[C@@H](c3ccccc3)CC2)c(O)c1=O. The van der Waals surface area contributed by atoms with Crippen molar-refractivity contribution in [3.8, 4) is 5.75 Å². The van der Waals surface area contributed by atoms with E-state index in [1.54, 1.807) is 0 Å². The largest absolute Gasteiger partial charge is 0.501 e. The van der Waals surface area contributed by atoms with E-state index in [1.165, 1.54) is 5.56 Å². The fourth-order valence-corrected chi connectivity index (χ4v) is 3.56. The molecule has 1 aliphatic rings. The van der Waals surface area contributed by atoms with Gasteiger partial charge in [-0.15, -0.1) is 0 Å². The van der Waals surface area contributed by atoms with E-state index in [9.17, 15) is 24.3 Å². The molecule has 0 unspecified atom stereocenters. The number of rotatable bonds is 5. The van der Waals surface area contributed by atoms with E-state index in [-0.39, 0.29) is 6.04 Å². The number of aromatic nitrogens is 2. The number of carboxylic acids is 1. The van der Waals surface area contributed by atoms with Crippen molar-refractivity contribution in [2.45, 2.75) is 44.2 Å². The first-order chi connectivity index (χ1) is 13.4. The number of aromatic amines is 1. The summed E-state index contributed by atoms with van der Waals surface area (Å²) in [7, 11) is 0. The summed E-state index contributed by atoms with van der Waals surface area (Å²) in [5.41, 5.74) is -1.58. The standard InChI is InChI=1S/C19H21N3O6/c23-14(24)10-22-18(27)16(25)15(21-19(22)28)17(26)20-13-8-6-12(7-9-13)11-4-2-1-3-5-11/h1-5,12-13,25H,6-10H2,(H,20,26)(H,21,28)(H,23,24)/t12-,13+. The summed E-state index contributed by atoms with van der Waals surface area (Å²) in [4.78, 5) is 49.1. The van der Waals surface area contributed by atoms with Gasteiger partial charge in [0, 0.05) is 6.04 Å². The number of carbonyl (C=O) groups excluding carboxylic acids is 1. The lowest BCUT2D eigenvalue weighted by Crippen LogP contribution is -2.42. The smallest absolute Gasteiger partial charge is 0.329 e. The first-order valence-corrected chi connectivity index (χ1v) is 9.00. The van der Waals surface area contributed by atoms with E-state index in [0.29, 0.717) is 10.5 Å². The van der Waals surface area contributed by atoms with Gasteiger partial charge in [-0.1, -0.05) is 30.3 Å². The molecule has 0 aliphatic heterocycles. The van der Waals surface area contributed by atoms with E-state index in [1.807, 2.05) is 18.2 Å². The summed E-state index contributed by atoms with van der Waals surface area (Å²) < 4.78 is 0.319. The number of benzene rings is 1. The van der Waals surface area contributed by atoms with Gasteiger partial charge in [0.05, 0.1) is 0 Å². The number of carboxylic acid groups (broad SMARTS) is 1. The van der Waals surface area contributed by atoms with Crippen molar-refractivity contribution in [2.24, 2.45) is 0 Å². The first kappa shape index (κ1) is 19.4. The van der Waals surface area contributed by atoms with Crippen molar-refractivity contribution in [3.05, 3.63) is 62.4 Å². The highest BCUT2D eigenvalue weighted by Gasteiger charge is 2.26. The van der Waals surface area contributed by atoms with Gasteiger partial charge in [-0.2, -0.15) is 0 Å². The maximum Gasteiger partial charge on any atom is 0.329 e. The third kappa shape index (κ3) is 4.13. The molecule has 9 nitrogen and oxygen atoms in total. The summed E-state index contributed by atoms with van der Waals surface area (Å²) in [5, 5.41) is 21.4. The van der Waals surface area contributed by atoms with E-state index in [2.05, 4.69) is 22.4 Å². The van der Waals surface area contributed by atoms with Crippen LogP contribution in [-0.2, 0) is 11.3 Å². The van der Waals surface area contributed by atoms with Gasteiger partial charge in [-0.25, -0.2) is 9.36 Å². The molecule has 28 heavy (non-hydrogen) atoms. The Morgan fingerprint density at radius 1 is 1.11 bits per heavy atom. The Labute approximate surface area is 159 Å². The molecule has 1 fully saturated rings. The van der Waals surface area contributed by atoms with E-state index in [0.717, 1.165) is 25.7 Å². The minimum atomic E-state index is -1.42. The Bertz CT molecular complexity index is 987. The molecule has 4 N–H and O–H groups in total. The second kappa shape index (κ2) is 8.12. The van der Waals surface area contributed by atoms with Crippen LogP contribution in [0.2, 0.25) is 0 Å². The molecule has 0 spiro atoms. The maximum absolute atomic E-state index is 12.4. The van der Waals surface area contributed by atoms with Gasteiger partial charge >= 0.3 is 11.7 Å². The molecular formula is C19H21N3O6. The number of hydrogen-bond acceptors (Lipinski definition) is 5. The van der Waals surface area contributed by atoms with Crippen molar-refractivity contribution in [2.75, 3.05) is 0 Å². The summed E-state index contributed by atoms with van der Waals surface area (Å²) in [6, 6.07) is 9.98. The molecule has 1 heterocycles. The van der Waals surface area contributed by atoms with E-state index >= 15 is 0 Å². The lowest BCUT2D eigenvalue weighted by atomic mass is 9.82. The molecule has 1 aliphatic carbocycles. The highest BCUT2D eigenvalue weighted by atomic mass is 16.4. The Kier molecular flexibility index (Phi) is 5.62. The predicted octanol–water partition coefficient (Wildman–Crippen LogP) is 0.783. The molecule has 0 bridgehead atoms. The van der Waals surface area contributed by atoms with E-state index in [4.69, 9.17) is 5.11 Å². The Hall–Kier alpha value is -3.36. The van der Waals surface area contributed by atoms with Crippen LogP contribution >= 0.6 is 0 Å². The Morgan fingerprint density at radius 3 is 2.36 bits per heavy atom. The minimum absolute atomic E-state index is 0.142. The average Bonchev–Trinajstić information content (AvgIpc) is 2.69. The van der Waals surface area contributed by atoms with Crippen molar-refractivity contribution in [1.29, 1.82) is 0 Å². The number of carbonyl (C=O) groups is 2. The minimum Gasteiger partial charge on any atom is -0.501 e. The number of nitrogens with zero attached hydrogens (tertiary/aromatic N) is 1. The number of aromatic hydroxyl groups is 1. The highest BCUT2D eigenvalue weighted by Crippen LogP contribution is 2.32. The van der Waals surface area contributed by atoms with Gasteiger partial charge in [0.15, 0.2) is 5.69 Å². The number of H-pyrrole nitrogens is 1. The van der Waals surface area contributed by atoms with Gasteiger partial charge in [0.2, 0.25) is 5.75 Å². The fourth-order valence-electron chi connectivity index (χ4n) is 3.56. The van der Waals surface area contributed by atoms with Gasteiger partial charge in [0.25, 0.3) is 11.5 Å². The quantitative estimate of drug-likeness (QED) is 0.597.